The van der Waals surface area contributed by atoms with Crippen LogP contribution >= 0.6 is 0 Å². The Morgan fingerprint density at radius 1 is 1.08 bits per heavy atom. The number of hydrogen-bond donors (Lipinski definition) is 1. The summed E-state index contributed by atoms with van der Waals surface area (Å²) in [5.41, 5.74) is 2.10. The number of nitrogens with zero attached hydrogens (tertiary/aromatic N) is 1. The first-order chi connectivity index (χ1) is 12.5. The highest BCUT2D eigenvalue weighted by Crippen LogP contribution is 2.12. The van der Waals surface area contributed by atoms with Gasteiger partial charge in [-0.15, -0.1) is 0 Å². The van der Waals surface area contributed by atoms with Gasteiger partial charge in [0.25, 0.3) is 0 Å². The van der Waals surface area contributed by atoms with Crippen LogP contribution in [0.4, 0.5) is 0 Å². The molecule has 0 heterocycles. The molecule has 2 aromatic carbocycles. The van der Waals surface area contributed by atoms with Crippen LogP contribution in [0.1, 0.15) is 30.4 Å². The standard InChI is InChI=1S/C20H24N2O3S/c1-17-10-12-20(13-11-17)26(23,24)22-19(15-21)9-5-6-14-25-16-18-7-3-2-4-8-18/h2-4,7-8,10-13,19,22H,5-6,9,14,16H2,1H3/t19-/m0/s1. The van der Waals surface area contributed by atoms with Crippen LogP contribution in [0, 0.1) is 18.3 Å². The molecule has 0 saturated carbocycles. The van der Waals surface area contributed by atoms with Gasteiger partial charge in [-0.3, -0.25) is 0 Å². The van der Waals surface area contributed by atoms with Gasteiger partial charge in [0.05, 0.1) is 17.6 Å². The smallest absolute Gasteiger partial charge is 0.241 e. The van der Waals surface area contributed by atoms with Crippen molar-refractivity contribution in [3.63, 3.8) is 0 Å². The second-order valence-corrected chi connectivity index (χ2v) is 7.86. The third kappa shape index (κ3) is 6.60. The summed E-state index contributed by atoms with van der Waals surface area (Å²) in [6.45, 7) is 3.03. The van der Waals surface area contributed by atoms with E-state index in [0.29, 0.717) is 26.1 Å². The first-order valence-corrected chi connectivity index (χ1v) is 10.1. The van der Waals surface area contributed by atoms with Crippen molar-refractivity contribution in [2.75, 3.05) is 6.61 Å². The van der Waals surface area contributed by atoms with Crippen molar-refractivity contribution >= 4 is 10.0 Å². The zero-order valence-electron chi connectivity index (χ0n) is 14.9. The molecular weight excluding hydrogens is 348 g/mol. The molecule has 0 unspecified atom stereocenters. The molecule has 0 bridgehead atoms. The van der Waals surface area contributed by atoms with Crippen molar-refractivity contribution in [1.29, 1.82) is 5.26 Å². The van der Waals surface area contributed by atoms with Crippen LogP contribution in [-0.4, -0.2) is 21.1 Å². The lowest BCUT2D eigenvalue weighted by molar-refractivity contribution is 0.116. The molecule has 0 aliphatic rings. The molecule has 0 aliphatic carbocycles. The number of nitriles is 1. The third-order valence-electron chi connectivity index (χ3n) is 3.93. The molecule has 0 aliphatic heterocycles. The van der Waals surface area contributed by atoms with Gasteiger partial charge in [-0.2, -0.15) is 9.98 Å². The lowest BCUT2D eigenvalue weighted by atomic mass is 10.1. The van der Waals surface area contributed by atoms with E-state index in [1.165, 1.54) is 0 Å². The molecule has 0 spiro atoms. The Balaban J connectivity index is 1.72. The highest BCUT2D eigenvalue weighted by Gasteiger charge is 2.19. The monoisotopic (exact) mass is 372 g/mol. The average Bonchev–Trinajstić information content (AvgIpc) is 2.64. The van der Waals surface area contributed by atoms with Crippen molar-refractivity contribution in [3.8, 4) is 6.07 Å². The fraction of sp³-hybridized carbons (Fsp3) is 0.350. The predicted molar refractivity (Wildman–Crippen MR) is 101 cm³/mol. The summed E-state index contributed by atoms with van der Waals surface area (Å²) in [4.78, 5) is 0.176. The molecule has 138 valence electrons. The van der Waals surface area contributed by atoms with E-state index in [9.17, 15) is 13.7 Å². The minimum absolute atomic E-state index is 0.176. The molecule has 26 heavy (non-hydrogen) atoms. The second-order valence-electron chi connectivity index (χ2n) is 6.15. The van der Waals surface area contributed by atoms with E-state index in [2.05, 4.69) is 4.72 Å². The van der Waals surface area contributed by atoms with Crippen LogP contribution in [0.5, 0.6) is 0 Å². The number of nitrogens with one attached hydrogen (secondary N) is 1. The maximum atomic E-state index is 12.3. The Bertz CT molecular complexity index is 812. The third-order valence-corrected chi connectivity index (χ3v) is 5.42. The first-order valence-electron chi connectivity index (χ1n) is 8.61. The molecule has 1 N–H and O–H groups in total. The van der Waals surface area contributed by atoms with Gasteiger partial charge in [-0.1, -0.05) is 48.0 Å². The first kappa shape index (κ1) is 20.1. The fourth-order valence-corrected chi connectivity index (χ4v) is 3.62. The Morgan fingerprint density at radius 3 is 2.42 bits per heavy atom. The molecule has 0 amide bonds. The molecular formula is C20H24N2O3S. The van der Waals surface area contributed by atoms with Crippen molar-refractivity contribution < 1.29 is 13.2 Å². The van der Waals surface area contributed by atoms with Gasteiger partial charge < -0.3 is 4.74 Å². The van der Waals surface area contributed by atoms with Crippen LogP contribution in [0.3, 0.4) is 0 Å². The van der Waals surface area contributed by atoms with Gasteiger partial charge in [0.2, 0.25) is 10.0 Å². The van der Waals surface area contributed by atoms with Crippen LogP contribution in [0.2, 0.25) is 0 Å². The molecule has 0 radical (unpaired) electrons. The predicted octanol–water partition coefficient (Wildman–Crippen LogP) is 3.55. The normalized spacial score (nSPS) is 12.5. The molecule has 0 aromatic heterocycles. The summed E-state index contributed by atoms with van der Waals surface area (Å²) < 4.78 is 32.7. The quantitative estimate of drug-likeness (QED) is 0.647. The van der Waals surface area contributed by atoms with E-state index in [1.807, 2.05) is 43.3 Å². The van der Waals surface area contributed by atoms with Crippen molar-refractivity contribution in [2.45, 2.75) is 43.7 Å². The molecule has 0 saturated heterocycles. The molecule has 1 atom stereocenters. The van der Waals surface area contributed by atoms with Crippen LogP contribution in [0.15, 0.2) is 59.5 Å². The Kier molecular flexibility index (Phi) is 7.79. The summed E-state index contributed by atoms with van der Waals surface area (Å²) in [5.74, 6) is 0. The number of hydrogen-bond acceptors (Lipinski definition) is 4. The van der Waals surface area contributed by atoms with E-state index < -0.39 is 16.1 Å². The minimum atomic E-state index is -3.68. The zero-order chi connectivity index (χ0) is 18.8. The van der Waals surface area contributed by atoms with Crippen LogP contribution in [-0.2, 0) is 21.4 Å². The SMILES string of the molecule is Cc1ccc(S(=O)(=O)N[C@H](C#N)CCCCOCc2ccccc2)cc1. The fourth-order valence-electron chi connectivity index (χ4n) is 2.44. The largest absolute Gasteiger partial charge is 0.377 e. The average molecular weight is 372 g/mol. The topological polar surface area (TPSA) is 79.2 Å². The lowest BCUT2D eigenvalue weighted by Gasteiger charge is -2.12. The van der Waals surface area contributed by atoms with Crippen LogP contribution in [0.25, 0.3) is 0 Å². The Hall–Kier alpha value is -2.20. The number of sulfonamides is 1. The zero-order valence-corrected chi connectivity index (χ0v) is 15.7. The van der Waals surface area contributed by atoms with E-state index in [0.717, 1.165) is 17.5 Å². The number of rotatable bonds is 10. The van der Waals surface area contributed by atoms with Crippen molar-refractivity contribution in [3.05, 3.63) is 65.7 Å². The summed E-state index contributed by atoms with van der Waals surface area (Å²) >= 11 is 0. The summed E-state index contributed by atoms with van der Waals surface area (Å²) in [6.07, 6.45) is 1.94. The number of aryl methyl sites for hydroxylation is 1. The summed E-state index contributed by atoms with van der Waals surface area (Å²) in [5, 5.41) is 9.22. The minimum Gasteiger partial charge on any atom is -0.377 e. The Labute approximate surface area is 155 Å². The highest BCUT2D eigenvalue weighted by molar-refractivity contribution is 7.89. The summed E-state index contributed by atoms with van der Waals surface area (Å²) in [6, 6.07) is 17.8. The highest BCUT2D eigenvalue weighted by atomic mass is 32.2. The van der Waals surface area contributed by atoms with Crippen LogP contribution < -0.4 is 4.72 Å². The number of benzene rings is 2. The Morgan fingerprint density at radius 2 is 1.77 bits per heavy atom. The van der Waals surface area contributed by atoms with E-state index in [4.69, 9.17) is 4.74 Å². The van der Waals surface area contributed by atoms with Gasteiger partial charge in [-0.25, -0.2) is 8.42 Å². The lowest BCUT2D eigenvalue weighted by Crippen LogP contribution is -2.33. The van der Waals surface area contributed by atoms with Gasteiger partial charge in [0.15, 0.2) is 0 Å². The van der Waals surface area contributed by atoms with Crippen molar-refractivity contribution in [2.24, 2.45) is 0 Å². The molecule has 2 aromatic rings. The van der Waals surface area contributed by atoms with E-state index in [-0.39, 0.29) is 4.90 Å². The molecule has 0 fully saturated rings. The van der Waals surface area contributed by atoms with E-state index >= 15 is 0 Å². The maximum absolute atomic E-state index is 12.3. The molecule has 5 nitrogen and oxygen atoms in total. The van der Waals surface area contributed by atoms with Gasteiger partial charge >= 0.3 is 0 Å². The van der Waals surface area contributed by atoms with Crippen molar-refractivity contribution in [1.82, 2.24) is 4.72 Å². The van der Waals surface area contributed by atoms with E-state index in [1.54, 1.807) is 24.3 Å². The second kappa shape index (κ2) is 10.1. The summed E-state index contributed by atoms with van der Waals surface area (Å²) in [7, 11) is -3.68. The molecule has 2 rings (SSSR count). The van der Waals surface area contributed by atoms with Gasteiger partial charge in [-0.05, 0) is 43.9 Å². The number of unbranched alkanes of at least 4 members (excludes halogenated alkanes) is 1. The maximum Gasteiger partial charge on any atom is 0.241 e. The van der Waals surface area contributed by atoms with Gasteiger partial charge in [0.1, 0.15) is 6.04 Å². The molecule has 6 heteroatoms. The van der Waals surface area contributed by atoms with Gasteiger partial charge in [0, 0.05) is 6.61 Å². The number of ether oxygens (including phenoxy) is 1.